The van der Waals surface area contributed by atoms with Gasteiger partial charge in [-0.15, -0.1) is 0 Å². The van der Waals surface area contributed by atoms with E-state index in [9.17, 15) is 21.2 Å². The third kappa shape index (κ3) is 3.82. The van der Waals surface area contributed by atoms with Crippen LogP contribution in [0.1, 0.15) is 11.4 Å². The molecular weight excluding hydrogens is 453 g/mol. The maximum absolute atomic E-state index is 14.1. The number of aryl methyl sites for hydroxylation is 1. The van der Waals surface area contributed by atoms with E-state index in [0.29, 0.717) is 24.5 Å². The van der Waals surface area contributed by atoms with Crippen molar-refractivity contribution in [3.05, 3.63) is 77.9 Å². The average Bonchev–Trinajstić information content (AvgIpc) is 3.10. The minimum absolute atomic E-state index is 0.0335. The molecule has 7 nitrogen and oxygen atoms in total. The van der Waals surface area contributed by atoms with Crippen LogP contribution < -0.4 is 4.90 Å². The molecule has 3 aromatic rings. The summed E-state index contributed by atoms with van der Waals surface area (Å²) in [5.41, 5.74) is 0.898. The van der Waals surface area contributed by atoms with Gasteiger partial charge in [-0.05, 0) is 44.2 Å². The van der Waals surface area contributed by atoms with E-state index in [-0.39, 0.29) is 34.4 Å². The van der Waals surface area contributed by atoms with Crippen molar-refractivity contribution in [1.29, 1.82) is 0 Å². The van der Waals surface area contributed by atoms with Gasteiger partial charge in [0.15, 0.2) is 0 Å². The molecule has 1 aromatic heterocycles. The highest BCUT2D eigenvalue weighted by molar-refractivity contribution is 7.90. The highest BCUT2D eigenvalue weighted by atomic mass is 32.2. The number of rotatable bonds is 5. The quantitative estimate of drug-likeness (QED) is 0.565. The van der Waals surface area contributed by atoms with Crippen molar-refractivity contribution in [2.45, 2.75) is 23.6 Å². The topological polar surface area (TPSA) is 79.7 Å². The number of para-hydroxylation sites is 1. The number of anilines is 1. The Bertz CT molecular complexity index is 1350. The summed E-state index contributed by atoms with van der Waals surface area (Å²) in [4.78, 5) is 1.86. The first kappa shape index (κ1) is 22.5. The second-order valence-corrected chi connectivity index (χ2v) is 11.4. The summed E-state index contributed by atoms with van der Waals surface area (Å²) < 4.78 is 69.5. The first-order valence-corrected chi connectivity index (χ1v) is 13.0. The molecule has 4 rings (SSSR count). The summed E-state index contributed by atoms with van der Waals surface area (Å²) in [5.74, 6) is -0.349. The van der Waals surface area contributed by atoms with Gasteiger partial charge in [-0.25, -0.2) is 25.2 Å². The van der Waals surface area contributed by atoms with Crippen LogP contribution in [0.2, 0.25) is 0 Å². The Hall–Kier alpha value is -2.69. The van der Waals surface area contributed by atoms with Gasteiger partial charge in [0.1, 0.15) is 10.7 Å². The Balaban J connectivity index is 1.62. The molecule has 0 amide bonds. The molecule has 0 unspecified atom stereocenters. The van der Waals surface area contributed by atoms with Crippen LogP contribution in [-0.2, 0) is 20.0 Å². The minimum Gasteiger partial charge on any atom is -0.367 e. The van der Waals surface area contributed by atoms with Crippen LogP contribution in [0, 0.1) is 19.7 Å². The Kier molecular flexibility index (Phi) is 5.87. The highest BCUT2D eigenvalue weighted by Crippen LogP contribution is 2.29. The second-order valence-electron chi connectivity index (χ2n) is 7.66. The van der Waals surface area contributed by atoms with Crippen LogP contribution >= 0.6 is 0 Å². The third-order valence-corrected chi connectivity index (χ3v) is 9.58. The van der Waals surface area contributed by atoms with Gasteiger partial charge in [-0.3, -0.25) is 0 Å². The number of halogens is 1. The molecule has 0 aliphatic carbocycles. The maximum atomic E-state index is 14.1. The predicted octanol–water partition coefficient (Wildman–Crippen LogP) is 2.99. The van der Waals surface area contributed by atoms with E-state index in [4.69, 9.17) is 0 Å². The molecule has 0 spiro atoms. The summed E-state index contributed by atoms with van der Waals surface area (Å²) in [6, 6.07) is 15.7. The Morgan fingerprint density at radius 1 is 0.781 bits per heavy atom. The minimum atomic E-state index is -3.94. The number of aromatic nitrogens is 1. The molecule has 1 saturated heterocycles. The number of hydrogen-bond acceptors (Lipinski definition) is 5. The monoisotopic (exact) mass is 477 g/mol. The van der Waals surface area contributed by atoms with E-state index < -0.39 is 20.0 Å². The van der Waals surface area contributed by atoms with Crippen LogP contribution in [-0.4, -0.2) is 51.3 Å². The van der Waals surface area contributed by atoms with Crippen molar-refractivity contribution < 1.29 is 21.2 Å². The molecule has 0 N–H and O–H groups in total. The van der Waals surface area contributed by atoms with E-state index in [1.807, 2.05) is 4.90 Å². The van der Waals surface area contributed by atoms with Gasteiger partial charge in [-0.2, -0.15) is 4.31 Å². The van der Waals surface area contributed by atoms with Gasteiger partial charge in [0.25, 0.3) is 10.0 Å². The fourth-order valence-electron chi connectivity index (χ4n) is 4.06. The maximum Gasteiger partial charge on any atom is 0.268 e. The predicted molar refractivity (Wildman–Crippen MR) is 120 cm³/mol. The van der Waals surface area contributed by atoms with Crippen molar-refractivity contribution in [1.82, 2.24) is 8.28 Å². The van der Waals surface area contributed by atoms with Gasteiger partial charge >= 0.3 is 0 Å². The first-order chi connectivity index (χ1) is 15.1. The number of benzene rings is 2. The zero-order valence-corrected chi connectivity index (χ0v) is 19.4. The number of hydrogen-bond donors (Lipinski definition) is 0. The Morgan fingerprint density at radius 3 is 2.00 bits per heavy atom. The third-order valence-electron chi connectivity index (χ3n) is 5.65. The van der Waals surface area contributed by atoms with Gasteiger partial charge < -0.3 is 4.90 Å². The van der Waals surface area contributed by atoms with Gasteiger partial charge in [-0.1, -0.05) is 30.3 Å². The molecule has 10 heteroatoms. The zero-order chi connectivity index (χ0) is 23.1. The van der Waals surface area contributed by atoms with Crippen LogP contribution in [0.25, 0.3) is 0 Å². The molecule has 1 aliphatic heterocycles. The summed E-state index contributed by atoms with van der Waals surface area (Å²) in [6.45, 7) is 4.08. The summed E-state index contributed by atoms with van der Waals surface area (Å²) in [7, 11) is -7.86. The Morgan fingerprint density at radius 2 is 1.38 bits per heavy atom. The lowest BCUT2D eigenvalue weighted by atomic mass is 10.2. The van der Waals surface area contributed by atoms with Crippen molar-refractivity contribution in [3.8, 4) is 0 Å². The van der Waals surface area contributed by atoms with Gasteiger partial charge in [0, 0.05) is 31.9 Å². The molecule has 1 aliphatic rings. The molecule has 2 heterocycles. The largest absolute Gasteiger partial charge is 0.367 e. The molecular formula is C22H24FN3O4S2. The first-order valence-electron chi connectivity index (χ1n) is 10.1. The number of nitrogens with zero attached hydrogens (tertiary/aromatic N) is 3. The fourth-order valence-corrected chi connectivity index (χ4v) is 7.43. The standard InChI is InChI=1S/C22H24FN3O4S2/c1-17-16-22(18(2)26(17)31(27,28)19-8-4-3-5-9-19)32(29,30)25-14-12-24(13-15-25)21-11-7-6-10-20(21)23/h3-11,16H,12-15H2,1-2H3. The van der Waals surface area contributed by atoms with Crippen molar-refractivity contribution in [2.75, 3.05) is 31.1 Å². The van der Waals surface area contributed by atoms with Crippen molar-refractivity contribution >= 4 is 25.7 Å². The van der Waals surface area contributed by atoms with E-state index in [1.54, 1.807) is 43.3 Å². The number of sulfonamides is 1. The smallest absolute Gasteiger partial charge is 0.268 e. The zero-order valence-electron chi connectivity index (χ0n) is 17.8. The second kappa shape index (κ2) is 8.34. The lowest BCUT2D eigenvalue weighted by Gasteiger charge is -2.35. The SMILES string of the molecule is Cc1cc(S(=O)(=O)N2CCN(c3ccccc3F)CC2)c(C)n1S(=O)(=O)c1ccccc1. The van der Waals surface area contributed by atoms with Crippen LogP contribution in [0.4, 0.5) is 10.1 Å². The molecule has 170 valence electrons. The number of piperazine rings is 1. The van der Waals surface area contributed by atoms with E-state index >= 15 is 0 Å². The summed E-state index contributed by atoms with van der Waals surface area (Å²) in [6.07, 6.45) is 0. The molecule has 2 aromatic carbocycles. The van der Waals surface area contributed by atoms with Gasteiger partial charge in [0.2, 0.25) is 10.0 Å². The fraction of sp³-hybridized carbons (Fsp3) is 0.273. The van der Waals surface area contributed by atoms with Crippen molar-refractivity contribution in [3.63, 3.8) is 0 Å². The van der Waals surface area contributed by atoms with Crippen molar-refractivity contribution in [2.24, 2.45) is 0 Å². The van der Waals surface area contributed by atoms with Crippen LogP contribution in [0.3, 0.4) is 0 Å². The van der Waals surface area contributed by atoms with Crippen LogP contribution in [0.5, 0.6) is 0 Å². The van der Waals surface area contributed by atoms with E-state index in [1.165, 1.54) is 35.5 Å². The molecule has 0 atom stereocenters. The van der Waals surface area contributed by atoms with E-state index in [2.05, 4.69) is 0 Å². The highest BCUT2D eigenvalue weighted by Gasteiger charge is 2.34. The molecule has 0 bridgehead atoms. The lowest BCUT2D eigenvalue weighted by molar-refractivity contribution is 0.383. The van der Waals surface area contributed by atoms with Crippen LogP contribution in [0.15, 0.2) is 70.5 Å². The van der Waals surface area contributed by atoms with E-state index in [0.717, 1.165) is 3.97 Å². The molecule has 0 radical (unpaired) electrons. The van der Waals surface area contributed by atoms with Gasteiger partial charge in [0.05, 0.1) is 16.3 Å². The Labute approximate surface area is 187 Å². The average molecular weight is 478 g/mol. The summed E-state index contributed by atoms with van der Waals surface area (Å²) >= 11 is 0. The molecule has 32 heavy (non-hydrogen) atoms. The molecule has 1 fully saturated rings. The molecule has 0 saturated carbocycles. The normalized spacial score (nSPS) is 15.8. The summed E-state index contributed by atoms with van der Waals surface area (Å²) in [5, 5.41) is 0. The lowest BCUT2D eigenvalue weighted by Crippen LogP contribution is -2.49.